The van der Waals surface area contributed by atoms with Gasteiger partial charge in [0.2, 0.25) is 0 Å². The Morgan fingerprint density at radius 1 is 1.00 bits per heavy atom. The van der Waals surface area contributed by atoms with Crippen LogP contribution in [0.5, 0.6) is 5.75 Å². The number of thiocarbonyl (C=S) groups is 1. The quantitative estimate of drug-likeness (QED) is 0.502. The Morgan fingerprint density at radius 3 is 2.47 bits per heavy atom. The van der Waals surface area contributed by atoms with E-state index in [2.05, 4.69) is 16.0 Å². The molecule has 3 N–H and O–H groups in total. The molecule has 0 spiro atoms. The van der Waals surface area contributed by atoms with Crippen molar-refractivity contribution in [3.8, 4) is 5.75 Å². The minimum atomic E-state index is -0.365. The van der Waals surface area contributed by atoms with Gasteiger partial charge in [0.1, 0.15) is 11.5 Å². The molecule has 0 radical (unpaired) electrons. The molecule has 0 saturated carbocycles. The number of furan rings is 1. The van der Waals surface area contributed by atoms with Gasteiger partial charge in [-0.05, 0) is 67.7 Å². The van der Waals surface area contributed by atoms with Crippen molar-refractivity contribution in [3.63, 3.8) is 0 Å². The molecule has 0 aliphatic heterocycles. The number of carbonyl (C=O) groups excluding carboxylic acids is 2. The molecule has 30 heavy (non-hydrogen) atoms. The maximum Gasteiger partial charge on any atom is 0.257 e. The summed E-state index contributed by atoms with van der Waals surface area (Å²) in [6, 6.07) is 17.1. The van der Waals surface area contributed by atoms with Gasteiger partial charge in [-0.3, -0.25) is 14.9 Å². The molecule has 0 aliphatic carbocycles. The van der Waals surface area contributed by atoms with E-state index in [-0.39, 0.29) is 23.5 Å². The Hall–Kier alpha value is -3.65. The molecule has 0 fully saturated rings. The first-order valence-electron chi connectivity index (χ1n) is 9.31. The molecular formula is C22H21N3O4S. The standard InChI is InChI=1S/C22H21N3O4S/c1-2-28-16-11-9-15(10-12-16)20(26)25-22(30)24-19-8-4-3-7-18(19)21(27)23-14-17-6-5-13-29-17/h3-13H,2,14H2,1H3,(H,23,27)(H2,24,25,26,30). The average Bonchev–Trinajstić information content (AvgIpc) is 3.27. The van der Waals surface area contributed by atoms with E-state index in [0.717, 1.165) is 0 Å². The largest absolute Gasteiger partial charge is 0.494 e. The van der Waals surface area contributed by atoms with E-state index in [4.69, 9.17) is 21.4 Å². The number of carbonyl (C=O) groups is 2. The first-order valence-corrected chi connectivity index (χ1v) is 9.72. The Bertz CT molecular complexity index is 1020. The monoisotopic (exact) mass is 423 g/mol. The van der Waals surface area contributed by atoms with E-state index in [1.807, 2.05) is 6.92 Å². The fourth-order valence-electron chi connectivity index (χ4n) is 2.66. The topological polar surface area (TPSA) is 92.6 Å². The number of anilines is 1. The third kappa shape index (κ3) is 5.68. The first kappa shape index (κ1) is 21.1. The van der Waals surface area contributed by atoms with Crippen LogP contribution in [0.1, 0.15) is 33.4 Å². The van der Waals surface area contributed by atoms with Crippen LogP contribution in [0.3, 0.4) is 0 Å². The minimum absolute atomic E-state index is 0.0835. The number of hydrogen-bond acceptors (Lipinski definition) is 5. The van der Waals surface area contributed by atoms with Crippen molar-refractivity contribution < 1.29 is 18.7 Å². The summed E-state index contributed by atoms with van der Waals surface area (Å²) in [5, 5.41) is 8.38. The molecule has 0 bridgehead atoms. The maximum atomic E-state index is 12.5. The zero-order valence-corrected chi connectivity index (χ0v) is 17.1. The number of benzene rings is 2. The van der Waals surface area contributed by atoms with E-state index in [1.165, 1.54) is 0 Å². The third-order valence-electron chi connectivity index (χ3n) is 4.08. The van der Waals surface area contributed by atoms with E-state index in [1.54, 1.807) is 66.9 Å². The highest BCUT2D eigenvalue weighted by Gasteiger charge is 2.14. The molecule has 2 aromatic carbocycles. The summed E-state index contributed by atoms with van der Waals surface area (Å²) < 4.78 is 10.6. The fourth-order valence-corrected chi connectivity index (χ4v) is 2.87. The molecule has 1 heterocycles. The highest BCUT2D eigenvalue weighted by molar-refractivity contribution is 7.80. The van der Waals surface area contributed by atoms with Gasteiger partial charge in [-0.1, -0.05) is 12.1 Å². The van der Waals surface area contributed by atoms with Gasteiger partial charge in [-0.2, -0.15) is 0 Å². The van der Waals surface area contributed by atoms with Gasteiger partial charge in [-0.15, -0.1) is 0 Å². The summed E-state index contributed by atoms with van der Waals surface area (Å²) in [4.78, 5) is 24.9. The van der Waals surface area contributed by atoms with E-state index >= 15 is 0 Å². The number of amides is 2. The second-order valence-electron chi connectivity index (χ2n) is 6.17. The van der Waals surface area contributed by atoms with Gasteiger partial charge >= 0.3 is 0 Å². The molecule has 0 aliphatic rings. The summed E-state index contributed by atoms with van der Waals surface area (Å²) in [5.74, 6) is 0.668. The number of hydrogen-bond donors (Lipinski definition) is 3. The zero-order chi connectivity index (χ0) is 21.3. The molecule has 0 unspecified atom stereocenters. The molecule has 8 heteroatoms. The van der Waals surface area contributed by atoms with Gasteiger partial charge < -0.3 is 19.8 Å². The van der Waals surface area contributed by atoms with Crippen LogP contribution in [0, 0.1) is 0 Å². The molecule has 0 atom stereocenters. The number of para-hydroxylation sites is 1. The molecule has 0 saturated heterocycles. The average molecular weight is 423 g/mol. The summed E-state index contributed by atoms with van der Waals surface area (Å²) in [7, 11) is 0. The molecule has 3 aromatic rings. The Balaban J connectivity index is 1.60. The van der Waals surface area contributed by atoms with Crippen molar-refractivity contribution >= 4 is 34.8 Å². The molecule has 7 nitrogen and oxygen atoms in total. The van der Waals surface area contributed by atoms with Crippen molar-refractivity contribution in [1.29, 1.82) is 0 Å². The summed E-state index contributed by atoms with van der Waals surface area (Å²) in [6.07, 6.45) is 1.54. The second kappa shape index (κ2) is 10.2. The molecular weight excluding hydrogens is 402 g/mol. The highest BCUT2D eigenvalue weighted by Crippen LogP contribution is 2.16. The van der Waals surface area contributed by atoms with Crippen LogP contribution >= 0.6 is 12.2 Å². The summed E-state index contributed by atoms with van der Waals surface area (Å²) in [6.45, 7) is 2.70. The second-order valence-corrected chi connectivity index (χ2v) is 6.58. The minimum Gasteiger partial charge on any atom is -0.494 e. The maximum absolute atomic E-state index is 12.5. The summed E-state index contributed by atoms with van der Waals surface area (Å²) >= 11 is 5.24. The van der Waals surface area contributed by atoms with Gasteiger partial charge in [-0.25, -0.2) is 0 Å². The van der Waals surface area contributed by atoms with Gasteiger partial charge in [0.25, 0.3) is 11.8 Å². The van der Waals surface area contributed by atoms with Crippen LogP contribution in [-0.2, 0) is 6.54 Å². The Kier molecular flexibility index (Phi) is 7.18. The highest BCUT2D eigenvalue weighted by atomic mass is 32.1. The van der Waals surface area contributed by atoms with Crippen LogP contribution in [-0.4, -0.2) is 23.5 Å². The fraction of sp³-hybridized carbons (Fsp3) is 0.136. The molecule has 2 amide bonds. The lowest BCUT2D eigenvalue weighted by molar-refractivity contribution is 0.0947. The SMILES string of the molecule is CCOc1ccc(C(=O)NC(=S)Nc2ccccc2C(=O)NCc2ccco2)cc1. The Morgan fingerprint density at radius 2 is 1.77 bits per heavy atom. The van der Waals surface area contributed by atoms with E-state index < -0.39 is 0 Å². The van der Waals surface area contributed by atoms with Crippen molar-refractivity contribution in [2.45, 2.75) is 13.5 Å². The van der Waals surface area contributed by atoms with Crippen molar-refractivity contribution in [2.24, 2.45) is 0 Å². The van der Waals surface area contributed by atoms with Crippen LogP contribution < -0.4 is 20.7 Å². The summed E-state index contributed by atoms with van der Waals surface area (Å²) in [5.41, 5.74) is 1.31. The number of ether oxygens (including phenoxy) is 1. The first-order chi connectivity index (χ1) is 14.6. The zero-order valence-electron chi connectivity index (χ0n) is 16.3. The normalized spacial score (nSPS) is 10.2. The molecule has 3 rings (SSSR count). The van der Waals surface area contributed by atoms with Crippen molar-refractivity contribution in [2.75, 3.05) is 11.9 Å². The third-order valence-corrected chi connectivity index (χ3v) is 4.28. The molecule has 154 valence electrons. The number of nitrogens with one attached hydrogen (secondary N) is 3. The van der Waals surface area contributed by atoms with E-state index in [9.17, 15) is 9.59 Å². The van der Waals surface area contributed by atoms with E-state index in [0.29, 0.717) is 34.9 Å². The smallest absolute Gasteiger partial charge is 0.257 e. The lowest BCUT2D eigenvalue weighted by Gasteiger charge is -2.13. The number of rotatable bonds is 7. The van der Waals surface area contributed by atoms with Crippen molar-refractivity contribution in [3.05, 3.63) is 83.8 Å². The van der Waals surface area contributed by atoms with Gasteiger partial charge in [0.05, 0.1) is 30.7 Å². The van der Waals surface area contributed by atoms with Gasteiger partial charge in [0, 0.05) is 5.56 Å². The van der Waals surface area contributed by atoms with Crippen LogP contribution in [0.4, 0.5) is 5.69 Å². The van der Waals surface area contributed by atoms with Crippen molar-refractivity contribution in [1.82, 2.24) is 10.6 Å². The molecule has 1 aromatic heterocycles. The lowest BCUT2D eigenvalue weighted by Crippen LogP contribution is -2.35. The Labute approximate surface area is 179 Å². The predicted molar refractivity (Wildman–Crippen MR) is 118 cm³/mol. The lowest BCUT2D eigenvalue weighted by atomic mass is 10.1. The van der Waals surface area contributed by atoms with Gasteiger partial charge in [0.15, 0.2) is 5.11 Å². The van der Waals surface area contributed by atoms with Crippen LogP contribution in [0.15, 0.2) is 71.3 Å². The predicted octanol–water partition coefficient (Wildman–Crippen LogP) is 3.74. The van der Waals surface area contributed by atoms with Crippen LogP contribution in [0.2, 0.25) is 0 Å². The van der Waals surface area contributed by atoms with Crippen LogP contribution in [0.25, 0.3) is 0 Å².